The van der Waals surface area contributed by atoms with Gasteiger partial charge in [-0.2, -0.15) is 0 Å². The second-order valence-corrected chi connectivity index (χ2v) is 6.38. The first-order chi connectivity index (χ1) is 9.40. The van der Waals surface area contributed by atoms with Crippen LogP contribution in [0.3, 0.4) is 0 Å². The minimum atomic E-state index is -1.75. The van der Waals surface area contributed by atoms with E-state index in [1.54, 1.807) is 38.1 Å². The van der Waals surface area contributed by atoms with Gasteiger partial charge < -0.3 is 10.4 Å². The van der Waals surface area contributed by atoms with Gasteiger partial charge in [-0.3, -0.25) is 13.8 Å². The van der Waals surface area contributed by atoms with Crippen LogP contribution >= 0.6 is 0 Å². The molecule has 0 aliphatic carbocycles. The highest BCUT2D eigenvalue weighted by molar-refractivity contribution is 7.87. The summed E-state index contributed by atoms with van der Waals surface area (Å²) in [6.07, 6.45) is 0.151. The fourth-order valence-electron chi connectivity index (χ4n) is 1.71. The van der Waals surface area contributed by atoms with Crippen LogP contribution in [0, 0.1) is 0 Å². The lowest BCUT2D eigenvalue weighted by molar-refractivity contribution is -0.136. The van der Waals surface area contributed by atoms with E-state index >= 15 is 0 Å². The smallest absolute Gasteiger partial charge is 0.319 e. The zero-order valence-electron chi connectivity index (χ0n) is 11.5. The molecule has 0 aromatic heterocycles. The van der Waals surface area contributed by atoms with Gasteiger partial charge in [-0.1, -0.05) is 30.3 Å². The van der Waals surface area contributed by atoms with Gasteiger partial charge in [0.15, 0.2) is 0 Å². The lowest BCUT2D eigenvalue weighted by atomic mass is 10.1. The molecule has 6 heteroatoms. The van der Waals surface area contributed by atoms with Crippen LogP contribution in [0.1, 0.15) is 19.4 Å². The van der Waals surface area contributed by atoms with E-state index < -0.39 is 27.9 Å². The summed E-state index contributed by atoms with van der Waals surface area (Å²) in [4.78, 5) is 22.8. The molecule has 1 rings (SSSR count). The maximum absolute atomic E-state index is 12.1. The van der Waals surface area contributed by atoms with Crippen molar-refractivity contribution >= 4 is 22.7 Å². The van der Waals surface area contributed by atoms with Crippen molar-refractivity contribution in [3.63, 3.8) is 0 Å². The van der Waals surface area contributed by atoms with Crippen LogP contribution in [0.2, 0.25) is 0 Å². The Morgan fingerprint density at radius 1 is 1.25 bits per heavy atom. The quantitative estimate of drug-likeness (QED) is 0.785. The lowest BCUT2D eigenvalue weighted by Gasteiger charge is -2.13. The summed E-state index contributed by atoms with van der Waals surface area (Å²) < 4.78 is 12.1. The molecule has 0 spiro atoms. The molecule has 0 heterocycles. The van der Waals surface area contributed by atoms with E-state index in [-0.39, 0.29) is 18.2 Å². The SMILES string of the molecule is CC(C)NC(=O)CS(=O)C(Cc1ccccc1)C(=O)O. The Balaban J connectivity index is 2.69. The largest absolute Gasteiger partial charge is 0.480 e. The summed E-state index contributed by atoms with van der Waals surface area (Å²) in [5.74, 6) is -1.83. The van der Waals surface area contributed by atoms with E-state index in [0.717, 1.165) is 5.56 Å². The third kappa shape index (κ3) is 5.52. The van der Waals surface area contributed by atoms with Crippen molar-refractivity contribution in [2.75, 3.05) is 5.75 Å². The van der Waals surface area contributed by atoms with Gasteiger partial charge in [0.25, 0.3) is 0 Å². The van der Waals surface area contributed by atoms with Gasteiger partial charge in [0.2, 0.25) is 5.91 Å². The third-order valence-corrected chi connectivity index (χ3v) is 4.13. The predicted octanol–water partition coefficient (Wildman–Crippen LogP) is 0.956. The molecule has 0 fully saturated rings. The number of rotatable bonds is 7. The van der Waals surface area contributed by atoms with E-state index in [0.29, 0.717) is 0 Å². The number of carbonyl (C=O) groups excluding carboxylic acids is 1. The number of aliphatic carboxylic acids is 1. The molecular formula is C14H19NO4S. The van der Waals surface area contributed by atoms with Crippen LogP contribution in [-0.2, 0) is 26.8 Å². The Labute approximate surface area is 120 Å². The molecule has 0 saturated heterocycles. The fourth-order valence-corrected chi connectivity index (χ4v) is 2.86. The Bertz CT molecular complexity index is 487. The van der Waals surface area contributed by atoms with Gasteiger partial charge in [-0.15, -0.1) is 0 Å². The van der Waals surface area contributed by atoms with Crippen molar-refractivity contribution in [2.24, 2.45) is 0 Å². The minimum Gasteiger partial charge on any atom is -0.480 e. The standard InChI is InChI=1S/C14H19NO4S/c1-10(2)15-13(16)9-20(19)12(14(17)18)8-11-6-4-3-5-7-11/h3-7,10,12H,8-9H2,1-2H3,(H,15,16)(H,17,18). The van der Waals surface area contributed by atoms with E-state index in [2.05, 4.69) is 5.32 Å². The Hall–Kier alpha value is -1.69. The van der Waals surface area contributed by atoms with Gasteiger partial charge >= 0.3 is 5.97 Å². The zero-order valence-corrected chi connectivity index (χ0v) is 12.4. The summed E-state index contributed by atoms with van der Waals surface area (Å²) in [6.45, 7) is 3.58. The molecular weight excluding hydrogens is 278 g/mol. The number of amides is 1. The van der Waals surface area contributed by atoms with Crippen LogP contribution in [0.5, 0.6) is 0 Å². The lowest BCUT2D eigenvalue weighted by Crippen LogP contribution is -2.38. The van der Waals surface area contributed by atoms with E-state index in [1.165, 1.54) is 0 Å². The van der Waals surface area contributed by atoms with Gasteiger partial charge in [0, 0.05) is 16.8 Å². The van der Waals surface area contributed by atoms with Crippen LogP contribution in [0.15, 0.2) is 30.3 Å². The first-order valence-electron chi connectivity index (χ1n) is 6.33. The Kier molecular flexibility index (Phi) is 6.38. The van der Waals surface area contributed by atoms with Crippen molar-refractivity contribution in [3.05, 3.63) is 35.9 Å². The molecule has 110 valence electrons. The van der Waals surface area contributed by atoms with Crippen LogP contribution in [-0.4, -0.2) is 38.2 Å². The highest BCUT2D eigenvalue weighted by atomic mass is 32.2. The molecule has 2 atom stereocenters. The average Bonchev–Trinajstić information content (AvgIpc) is 2.35. The number of carbonyl (C=O) groups is 2. The van der Waals surface area contributed by atoms with E-state index in [1.807, 2.05) is 6.07 Å². The van der Waals surface area contributed by atoms with Gasteiger partial charge in [0.1, 0.15) is 11.0 Å². The van der Waals surface area contributed by atoms with Gasteiger partial charge in [-0.05, 0) is 25.8 Å². The van der Waals surface area contributed by atoms with Crippen LogP contribution < -0.4 is 5.32 Å². The predicted molar refractivity (Wildman–Crippen MR) is 77.9 cm³/mol. The van der Waals surface area contributed by atoms with Crippen LogP contribution in [0.25, 0.3) is 0 Å². The summed E-state index contributed by atoms with van der Waals surface area (Å²) >= 11 is 0. The summed E-state index contributed by atoms with van der Waals surface area (Å²) in [5.41, 5.74) is 0.789. The monoisotopic (exact) mass is 297 g/mol. The molecule has 1 amide bonds. The van der Waals surface area contributed by atoms with Crippen molar-refractivity contribution in [1.82, 2.24) is 5.32 Å². The Morgan fingerprint density at radius 2 is 1.85 bits per heavy atom. The molecule has 1 aromatic carbocycles. The highest BCUT2D eigenvalue weighted by Crippen LogP contribution is 2.09. The number of carboxylic acid groups (broad SMARTS) is 1. The molecule has 2 unspecified atom stereocenters. The summed E-state index contributed by atoms with van der Waals surface area (Å²) in [7, 11) is -1.75. The first-order valence-corrected chi connectivity index (χ1v) is 7.71. The number of carboxylic acids is 1. The number of hydrogen-bond acceptors (Lipinski definition) is 3. The molecule has 0 bridgehead atoms. The van der Waals surface area contributed by atoms with Gasteiger partial charge in [-0.25, -0.2) is 0 Å². The zero-order chi connectivity index (χ0) is 15.1. The molecule has 2 N–H and O–H groups in total. The second kappa shape index (κ2) is 7.79. The second-order valence-electron chi connectivity index (χ2n) is 4.76. The number of hydrogen-bond donors (Lipinski definition) is 2. The number of nitrogens with one attached hydrogen (secondary N) is 1. The first kappa shape index (κ1) is 16.4. The number of benzene rings is 1. The van der Waals surface area contributed by atoms with E-state index in [4.69, 9.17) is 0 Å². The topological polar surface area (TPSA) is 83.5 Å². The molecule has 0 saturated carbocycles. The summed E-state index contributed by atoms with van der Waals surface area (Å²) in [6, 6.07) is 8.91. The van der Waals surface area contributed by atoms with Gasteiger partial charge in [0.05, 0.1) is 0 Å². The molecule has 0 radical (unpaired) electrons. The minimum absolute atomic E-state index is 0.0584. The molecule has 0 aliphatic rings. The molecule has 20 heavy (non-hydrogen) atoms. The summed E-state index contributed by atoms with van der Waals surface area (Å²) in [5, 5.41) is 10.7. The van der Waals surface area contributed by atoms with Crippen molar-refractivity contribution in [2.45, 2.75) is 31.6 Å². The maximum atomic E-state index is 12.1. The van der Waals surface area contributed by atoms with Crippen molar-refractivity contribution in [1.29, 1.82) is 0 Å². The molecule has 5 nitrogen and oxygen atoms in total. The van der Waals surface area contributed by atoms with Crippen molar-refractivity contribution < 1.29 is 18.9 Å². The Morgan fingerprint density at radius 3 is 2.35 bits per heavy atom. The molecule has 0 aliphatic heterocycles. The van der Waals surface area contributed by atoms with Crippen molar-refractivity contribution in [3.8, 4) is 0 Å². The molecule has 1 aromatic rings. The third-order valence-electron chi connectivity index (χ3n) is 2.58. The van der Waals surface area contributed by atoms with E-state index in [9.17, 15) is 18.9 Å². The highest BCUT2D eigenvalue weighted by Gasteiger charge is 2.26. The van der Waals surface area contributed by atoms with Crippen LogP contribution in [0.4, 0.5) is 0 Å². The fraction of sp³-hybridized carbons (Fsp3) is 0.429. The maximum Gasteiger partial charge on any atom is 0.319 e. The average molecular weight is 297 g/mol. The normalized spacial score (nSPS) is 13.8.